The Morgan fingerprint density at radius 1 is 1.15 bits per heavy atom. The van der Waals surface area contributed by atoms with Crippen LogP contribution in [0.15, 0.2) is 54.9 Å². The third kappa shape index (κ3) is 3.91. The lowest BCUT2D eigenvalue weighted by atomic mass is 10.0. The quantitative estimate of drug-likeness (QED) is 0.429. The zero-order valence-electron chi connectivity index (χ0n) is 18.1. The Kier molecular flexibility index (Phi) is 5.46. The van der Waals surface area contributed by atoms with Gasteiger partial charge in [-0.05, 0) is 23.8 Å². The molecule has 33 heavy (non-hydrogen) atoms. The number of hydrogen-bond donors (Lipinski definition) is 1. The predicted octanol–water partition coefficient (Wildman–Crippen LogP) is 5.56. The van der Waals surface area contributed by atoms with E-state index in [0.29, 0.717) is 29.0 Å². The number of carbonyl (C=O) groups is 1. The second kappa shape index (κ2) is 8.44. The number of nitrogens with zero attached hydrogens (tertiary/aromatic N) is 2. The van der Waals surface area contributed by atoms with E-state index < -0.39 is 11.6 Å². The molecule has 168 valence electrons. The highest BCUT2D eigenvalue weighted by Gasteiger charge is 2.27. The largest absolute Gasteiger partial charge is 0.493 e. The van der Waals surface area contributed by atoms with E-state index >= 15 is 0 Å². The van der Waals surface area contributed by atoms with Crippen molar-refractivity contribution in [3.8, 4) is 16.9 Å². The van der Waals surface area contributed by atoms with Crippen molar-refractivity contribution in [2.75, 3.05) is 25.6 Å². The predicted molar refractivity (Wildman–Crippen MR) is 126 cm³/mol. The highest BCUT2D eigenvalue weighted by molar-refractivity contribution is 7.22. The van der Waals surface area contributed by atoms with E-state index in [1.54, 1.807) is 12.4 Å². The Labute approximate surface area is 193 Å². The second-order valence-electron chi connectivity index (χ2n) is 8.10. The zero-order valence-corrected chi connectivity index (χ0v) is 18.9. The Morgan fingerprint density at radius 3 is 2.67 bits per heavy atom. The summed E-state index contributed by atoms with van der Waals surface area (Å²) in [5.41, 5.74) is 2.62. The SMILES string of the molecule is CN(C)c1c(C(=O)N[C@H]2CCOc3ccccc32)sc2c(-c3cc(F)cc(F)c3)cncc12. The van der Waals surface area contributed by atoms with Crippen LogP contribution in [-0.4, -0.2) is 31.6 Å². The number of halogens is 2. The van der Waals surface area contributed by atoms with Crippen molar-refractivity contribution < 1.29 is 18.3 Å². The van der Waals surface area contributed by atoms with E-state index in [1.165, 1.54) is 23.5 Å². The fourth-order valence-electron chi connectivity index (χ4n) is 4.23. The molecule has 0 unspecified atom stereocenters. The van der Waals surface area contributed by atoms with Crippen LogP contribution in [0.1, 0.15) is 27.7 Å². The standard InChI is InChI=1S/C25H21F2N3O2S/c1-30(2)22-19-13-28-12-18(14-9-15(26)11-16(27)10-14)23(19)33-24(22)25(31)29-20-7-8-32-21-6-4-3-5-17(20)21/h3-6,9-13,20H,7-8H2,1-2H3,(H,29,31)/t20-/m0/s1. The van der Waals surface area contributed by atoms with Crippen molar-refractivity contribution >= 4 is 33.0 Å². The van der Waals surface area contributed by atoms with Crippen molar-refractivity contribution in [1.29, 1.82) is 0 Å². The van der Waals surface area contributed by atoms with Crippen LogP contribution < -0.4 is 15.0 Å². The van der Waals surface area contributed by atoms with Gasteiger partial charge < -0.3 is 15.0 Å². The molecule has 1 atom stereocenters. The van der Waals surface area contributed by atoms with Gasteiger partial charge >= 0.3 is 0 Å². The van der Waals surface area contributed by atoms with Gasteiger partial charge in [-0.2, -0.15) is 0 Å². The number of thiophene rings is 1. The zero-order chi connectivity index (χ0) is 23.1. The molecule has 0 bridgehead atoms. The summed E-state index contributed by atoms with van der Waals surface area (Å²) in [6.07, 6.45) is 3.92. The van der Waals surface area contributed by atoms with Crippen LogP contribution in [0.5, 0.6) is 5.75 Å². The molecular formula is C25H21F2N3O2S. The Hall–Kier alpha value is -3.52. The van der Waals surface area contributed by atoms with E-state index in [4.69, 9.17) is 4.74 Å². The molecule has 1 aliphatic heterocycles. The molecule has 1 N–H and O–H groups in total. The van der Waals surface area contributed by atoms with Gasteiger partial charge in [-0.15, -0.1) is 11.3 Å². The number of nitrogens with one attached hydrogen (secondary N) is 1. The third-order valence-electron chi connectivity index (χ3n) is 5.66. The summed E-state index contributed by atoms with van der Waals surface area (Å²) in [6, 6.07) is 10.9. The van der Waals surface area contributed by atoms with Crippen molar-refractivity contribution in [3.63, 3.8) is 0 Å². The lowest BCUT2D eigenvalue weighted by Gasteiger charge is -2.26. The fraction of sp³-hybridized carbons (Fsp3) is 0.200. The minimum Gasteiger partial charge on any atom is -0.493 e. The van der Waals surface area contributed by atoms with E-state index in [0.717, 1.165) is 33.2 Å². The average Bonchev–Trinajstić information content (AvgIpc) is 3.19. The number of rotatable bonds is 4. The molecule has 1 amide bonds. The maximum Gasteiger partial charge on any atom is 0.264 e. The number of amides is 1. The first-order valence-electron chi connectivity index (χ1n) is 10.5. The maximum absolute atomic E-state index is 13.9. The fourth-order valence-corrected chi connectivity index (χ4v) is 5.51. The molecule has 0 saturated heterocycles. The molecule has 1 aliphatic rings. The first kappa shape index (κ1) is 21.3. The van der Waals surface area contributed by atoms with Crippen LogP contribution in [0.3, 0.4) is 0 Å². The van der Waals surface area contributed by atoms with Crippen LogP contribution in [-0.2, 0) is 0 Å². The van der Waals surface area contributed by atoms with E-state index in [-0.39, 0.29) is 11.9 Å². The number of benzene rings is 2. The summed E-state index contributed by atoms with van der Waals surface area (Å²) in [4.78, 5) is 20.1. The van der Waals surface area contributed by atoms with E-state index in [9.17, 15) is 13.6 Å². The molecule has 0 saturated carbocycles. The van der Waals surface area contributed by atoms with Gasteiger partial charge in [0.2, 0.25) is 0 Å². The van der Waals surface area contributed by atoms with Gasteiger partial charge in [0, 0.05) is 60.2 Å². The smallest absolute Gasteiger partial charge is 0.264 e. The van der Waals surface area contributed by atoms with E-state index in [2.05, 4.69) is 10.3 Å². The topological polar surface area (TPSA) is 54.5 Å². The van der Waals surface area contributed by atoms with Gasteiger partial charge in [0.25, 0.3) is 5.91 Å². The Morgan fingerprint density at radius 2 is 1.91 bits per heavy atom. The summed E-state index contributed by atoms with van der Waals surface area (Å²) < 4.78 is 34.2. The Balaban J connectivity index is 1.59. The van der Waals surface area contributed by atoms with Crippen LogP contribution in [0.4, 0.5) is 14.5 Å². The normalized spacial score (nSPS) is 15.1. The van der Waals surface area contributed by atoms with Gasteiger partial charge in [-0.1, -0.05) is 18.2 Å². The monoisotopic (exact) mass is 465 g/mol. The molecular weight excluding hydrogens is 444 g/mol. The minimum absolute atomic E-state index is 0.169. The van der Waals surface area contributed by atoms with Crippen LogP contribution in [0.25, 0.3) is 21.2 Å². The lowest BCUT2D eigenvalue weighted by Crippen LogP contribution is -2.32. The van der Waals surface area contributed by atoms with Gasteiger partial charge in [-0.3, -0.25) is 9.78 Å². The molecule has 2 aromatic heterocycles. The molecule has 8 heteroatoms. The Bertz CT molecular complexity index is 1350. The number of para-hydroxylation sites is 1. The summed E-state index contributed by atoms with van der Waals surface area (Å²) >= 11 is 1.29. The van der Waals surface area contributed by atoms with Crippen molar-refractivity contribution in [3.05, 3.63) is 76.9 Å². The van der Waals surface area contributed by atoms with Crippen LogP contribution >= 0.6 is 11.3 Å². The first-order valence-corrected chi connectivity index (χ1v) is 11.3. The highest BCUT2D eigenvalue weighted by atomic mass is 32.1. The molecule has 4 aromatic rings. The first-order chi connectivity index (χ1) is 15.9. The summed E-state index contributed by atoms with van der Waals surface area (Å²) in [6.45, 7) is 0.522. The number of carbonyl (C=O) groups excluding carboxylic acids is 1. The van der Waals surface area contributed by atoms with Gasteiger partial charge in [0.15, 0.2) is 0 Å². The van der Waals surface area contributed by atoms with Gasteiger partial charge in [0.1, 0.15) is 22.3 Å². The molecule has 5 rings (SSSR count). The van der Waals surface area contributed by atoms with Crippen molar-refractivity contribution in [2.24, 2.45) is 0 Å². The molecule has 0 fully saturated rings. The van der Waals surface area contributed by atoms with E-state index in [1.807, 2.05) is 43.3 Å². The molecule has 0 radical (unpaired) electrons. The van der Waals surface area contributed by atoms with Crippen LogP contribution in [0.2, 0.25) is 0 Å². The molecule has 0 spiro atoms. The summed E-state index contributed by atoms with van der Waals surface area (Å²) in [5, 5.41) is 3.90. The highest BCUT2D eigenvalue weighted by Crippen LogP contribution is 2.42. The number of aromatic nitrogens is 1. The van der Waals surface area contributed by atoms with Crippen molar-refractivity contribution in [2.45, 2.75) is 12.5 Å². The summed E-state index contributed by atoms with van der Waals surface area (Å²) in [7, 11) is 3.72. The number of pyridine rings is 1. The molecule has 5 nitrogen and oxygen atoms in total. The van der Waals surface area contributed by atoms with Crippen LogP contribution in [0, 0.1) is 11.6 Å². The number of hydrogen-bond acceptors (Lipinski definition) is 5. The maximum atomic E-state index is 13.9. The van der Waals surface area contributed by atoms with Gasteiger partial charge in [0.05, 0.1) is 18.3 Å². The third-order valence-corrected chi connectivity index (χ3v) is 6.89. The lowest BCUT2D eigenvalue weighted by molar-refractivity contribution is 0.0929. The van der Waals surface area contributed by atoms with Crippen molar-refractivity contribution in [1.82, 2.24) is 10.3 Å². The average molecular weight is 466 g/mol. The minimum atomic E-state index is -0.664. The second-order valence-corrected chi connectivity index (χ2v) is 9.12. The number of fused-ring (bicyclic) bond motifs is 2. The molecule has 0 aliphatic carbocycles. The number of ether oxygens (including phenoxy) is 1. The molecule has 3 heterocycles. The van der Waals surface area contributed by atoms with Gasteiger partial charge in [-0.25, -0.2) is 8.78 Å². The molecule has 2 aromatic carbocycles. The summed E-state index contributed by atoms with van der Waals surface area (Å²) in [5.74, 6) is -0.763. The number of anilines is 1.